The number of rotatable bonds is 4. The first-order valence-electron chi connectivity index (χ1n) is 10.0. The Bertz CT molecular complexity index is 1170. The number of hydrogen-bond donors (Lipinski definition) is 5. The highest BCUT2D eigenvalue weighted by Gasteiger charge is 2.31. The van der Waals surface area contributed by atoms with E-state index in [-0.39, 0.29) is 18.0 Å². The van der Waals surface area contributed by atoms with Gasteiger partial charge < -0.3 is 26.0 Å². The van der Waals surface area contributed by atoms with Gasteiger partial charge in [-0.15, -0.1) is 0 Å². The highest BCUT2D eigenvalue weighted by molar-refractivity contribution is 5.99. The van der Waals surface area contributed by atoms with Crippen LogP contribution in [0.1, 0.15) is 34.6 Å². The van der Waals surface area contributed by atoms with Gasteiger partial charge in [0.25, 0.3) is 5.91 Å². The summed E-state index contributed by atoms with van der Waals surface area (Å²) in [5.74, 6) is 0.639. The molecule has 0 saturated heterocycles. The number of carbonyl (C=O) groups excluding carboxylic acids is 1. The van der Waals surface area contributed by atoms with Crippen molar-refractivity contribution in [2.24, 2.45) is 0 Å². The number of fused-ring (bicyclic) bond motifs is 2. The van der Waals surface area contributed by atoms with Gasteiger partial charge in [-0.1, -0.05) is 12.1 Å². The second-order valence-corrected chi connectivity index (χ2v) is 7.87. The van der Waals surface area contributed by atoms with Crippen LogP contribution in [0.3, 0.4) is 0 Å². The lowest BCUT2D eigenvalue weighted by Crippen LogP contribution is -2.49. The zero-order valence-corrected chi connectivity index (χ0v) is 16.5. The summed E-state index contributed by atoms with van der Waals surface area (Å²) in [7, 11) is 0. The molecule has 0 atom stereocenters. The van der Waals surface area contributed by atoms with Crippen molar-refractivity contribution in [3.8, 4) is 11.3 Å². The van der Waals surface area contributed by atoms with E-state index in [0.29, 0.717) is 30.8 Å². The van der Waals surface area contributed by atoms with Crippen LogP contribution in [-0.2, 0) is 6.42 Å². The van der Waals surface area contributed by atoms with Crippen molar-refractivity contribution in [1.29, 1.82) is 0 Å². The van der Waals surface area contributed by atoms with Crippen LogP contribution in [0, 0.1) is 6.92 Å². The average Bonchev–Trinajstić information content (AvgIpc) is 3.11. The monoisotopic (exact) mass is 406 g/mol. The number of anilines is 1. The smallest absolute Gasteiger partial charge is 0.404 e. The summed E-state index contributed by atoms with van der Waals surface area (Å²) in [5, 5.41) is 17.6. The standard InChI is InChI=1S/C21H22N6O3/c1-10-19(24-11-7-12(8-11)25-21(29)30)27-18-13(3-2-4-16(18)23-10)17-9-14-15(26-17)5-6-22-20(14)28/h2-4,9,11-12,25-26H,5-8H2,1H3,(H,22,28)(H,24,27)(H,29,30)/t11-,12+. The SMILES string of the molecule is Cc1nc2cccc(-c3cc4c([nH]3)CCNC4=O)c2nc1N[C@H]1C[C@@H](NC(=O)O)C1. The molecular formula is C21H22N6O3. The van der Waals surface area contributed by atoms with Gasteiger partial charge in [0.1, 0.15) is 11.3 Å². The number of amides is 2. The molecule has 2 aromatic heterocycles. The Labute approximate surface area is 172 Å². The Morgan fingerprint density at radius 1 is 1.20 bits per heavy atom. The molecule has 30 heavy (non-hydrogen) atoms. The van der Waals surface area contributed by atoms with Gasteiger partial charge in [0, 0.05) is 42.0 Å². The van der Waals surface area contributed by atoms with Crippen LogP contribution >= 0.6 is 0 Å². The summed E-state index contributed by atoms with van der Waals surface area (Å²) in [6.45, 7) is 2.54. The maximum absolute atomic E-state index is 12.1. The quantitative estimate of drug-likeness (QED) is 0.452. The minimum Gasteiger partial charge on any atom is -0.465 e. The van der Waals surface area contributed by atoms with Crippen LogP contribution in [0.5, 0.6) is 0 Å². The molecule has 1 aromatic carbocycles. The molecule has 9 heteroatoms. The van der Waals surface area contributed by atoms with Gasteiger partial charge in [-0.3, -0.25) is 4.79 Å². The Morgan fingerprint density at radius 3 is 2.80 bits per heavy atom. The molecule has 2 amide bonds. The molecule has 5 rings (SSSR count). The fourth-order valence-corrected chi connectivity index (χ4v) is 4.18. The second kappa shape index (κ2) is 7.01. The van der Waals surface area contributed by atoms with Gasteiger partial charge in [0.2, 0.25) is 0 Å². The predicted octanol–water partition coefficient (Wildman–Crippen LogP) is 2.43. The number of benzene rings is 1. The molecule has 2 aliphatic rings. The van der Waals surface area contributed by atoms with Gasteiger partial charge in [0.05, 0.1) is 16.8 Å². The van der Waals surface area contributed by atoms with Crippen LogP contribution in [0.2, 0.25) is 0 Å². The summed E-state index contributed by atoms with van der Waals surface area (Å²) in [5.41, 5.74) is 5.69. The summed E-state index contributed by atoms with van der Waals surface area (Å²) < 4.78 is 0. The van der Waals surface area contributed by atoms with E-state index >= 15 is 0 Å². The molecular weight excluding hydrogens is 384 g/mol. The Hall–Kier alpha value is -3.62. The van der Waals surface area contributed by atoms with Crippen molar-refractivity contribution < 1.29 is 14.7 Å². The lowest BCUT2D eigenvalue weighted by Gasteiger charge is -2.36. The number of nitrogens with zero attached hydrogens (tertiary/aromatic N) is 2. The number of H-pyrrole nitrogens is 1. The zero-order valence-electron chi connectivity index (χ0n) is 16.5. The number of para-hydroxylation sites is 1. The number of nitrogens with one attached hydrogen (secondary N) is 4. The van der Waals surface area contributed by atoms with E-state index in [2.05, 4.69) is 20.9 Å². The molecule has 0 bridgehead atoms. The molecule has 0 radical (unpaired) electrons. The van der Waals surface area contributed by atoms with Crippen molar-refractivity contribution in [3.05, 3.63) is 41.2 Å². The van der Waals surface area contributed by atoms with Gasteiger partial charge in [-0.05, 0) is 31.9 Å². The topological polar surface area (TPSA) is 132 Å². The first kappa shape index (κ1) is 18.4. The molecule has 3 aromatic rings. The maximum atomic E-state index is 12.1. The van der Waals surface area contributed by atoms with Gasteiger partial charge in [-0.2, -0.15) is 0 Å². The van der Waals surface area contributed by atoms with Crippen molar-refractivity contribution >= 4 is 28.9 Å². The van der Waals surface area contributed by atoms with Crippen molar-refractivity contribution in [2.45, 2.75) is 38.3 Å². The molecule has 1 fully saturated rings. The zero-order chi connectivity index (χ0) is 20.8. The number of aromatic nitrogens is 3. The molecule has 5 N–H and O–H groups in total. The molecule has 3 heterocycles. The first-order chi connectivity index (χ1) is 14.5. The number of aryl methyl sites for hydroxylation is 1. The largest absolute Gasteiger partial charge is 0.465 e. The fraction of sp³-hybridized carbons (Fsp3) is 0.333. The third kappa shape index (κ3) is 3.22. The van der Waals surface area contributed by atoms with Gasteiger partial charge >= 0.3 is 6.09 Å². The molecule has 0 spiro atoms. The normalized spacial score (nSPS) is 20.2. The van der Waals surface area contributed by atoms with Gasteiger partial charge in [0.15, 0.2) is 0 Å². The Balaban J connectivity index is 1.47. The van der Waals surface area contributed by atoms with Crippen molar-refractivity contribution in [3.63, 3.8) is 0 Å². The summed E-state index contributed by atoms with van der Waals surface area (Å²) in [4.78, 5) is 35.8. The number of aromatic amines is 1. The lowest BCUT2D eigenvalue weighted by molar-refractivity contribution is 0.0946. The maximum Gasteiger partial charge on any atom is 0.404 e. The molecule has 9 nitrogen and oxygen atoms in total. The van der Waals surface area contributed by atoms with Gasteiger partial charge in [-0.25, -0.2) is 14.8 Å². The molecule has 1 aliphatic heterocycles. The van der Waals surface area contributed by atoms with E-state index in [9.17, 15) is 9.59 Å². The second-order valence-electron chi connectivity index (χ2n) is 7.87. The number of carbonyl (C=O) groups is 2. The fourth-order valence-electron chi connectivity index (χ4n) is 4.18. The Morgan fingerprint density at radius 2 is 2.03 bits per heavy atom. The molecule has 154 valence electrons. The minimum atomic E-state index is -0.993. The van der Waals surface area contributed by atoms with Crippen LogP contribution < -0.4 is 16.0 Å². The predicted molar refractivity (Wildman–Crippen MR) is 112 cm³/mol. The summed E-state index contributed by atoms with van der Waals surface area (Å²) >= 11 is 0. The molecule has 0 unspecified atom stereocenters. The van der Waals surface area contributed by atoms with Crippen LogP contribution in [0.25, 0.3) is 22.3 Å². The Kier molecular flexibility index (Phi) is 4.30. The number of hydrogen-bond acceptors (Lipinski definition) is 5. The van der Waals surface area contributed by atoms with E-state index in [1.807, 2.05) is 31.2 Å². The van der Waals surface area contributed by atoms with Crippen LogP contribution in [-0.4, -0.2) is 50.7 Å². The molecule has 1 saturated carbocycles. The van der Waals surface area contributed by atoms with E-state index in [4.69, 9.17) is 15.1 Å². The van der Waals surface area contributed by atoms with Crippen molar-refractivity contribution in [2.75, 3.05) is 11.9 Å². The first-order valence-corrected chi connectivity index (χ1v) is 10.0. The van der Waals surface area contributed by atoms with E-state index in [1.54, 1.807) is 0 Å². The van der Waals surface area contributed by atoms with Crippen LogP contribution in [0.4, 0.5) is 10.6 Å². The van der Waals surface area contributed by atoms with Crippen molar-refractivity contribution in [1.82, 2.24) is 25.6 Å². The minimum absolute atomic E-state index is 0.0272. The number of carboxylic acid groups (broad SMARTS) is 1. The van der Waals surface area contributed by atoms with Crippen LogP contribution in [0.15, 0.2) is 24.3 Å². The molecule has 1 aliphatic carbocycles. The van der Waals surface area contributed by atoms with E-state index in [0.717, 1.165) is 40.1 Å². The lowest BCUT2D eigenvalue weighted by atomic mass is 9.87. The third-order valence-corrected chi connectivity index (χ3v) is 5.77. The average molecular weight is 406 g/mol. The third-order valence-electron chi connectivity index (χ3n) is 5.77. The highest BCUT2D eigenvalue weighted by atomic mass is 16.4. The van der Waals surface area contributed by atoms with E-state index in [1.165, 1.54) is 0 Å². The summed E-state index contributed by atoms with van der Waals surface area (Å²) in [6.07, 6.45) is 1.21. The summed E-state index contributed by atoms with van der Waals surface area (Å²) in [6, 6.07) is 7.84. The van der Waals surface area contributed by atoms with E-state index < -0.39 is 6.09 Å². The highest BCUT2D eigenvalue weighted by Crippen LogP contribution is 2.31.